The molecule has 0 aliphatic rings. The number of thiazole rings is 1. The van der Waals surface area contributed by atoms with Crippen LogP contribution in [0.2, 0.25) is 0 Å². The molecule has 0 unspecified atom stereocenters. The van der Waals surface area contributed by atoms with Crippen LogP contribution in [0.1, 0.15) is 10.4 Å². The molecule has 0 bridgehead atoms. The van der Waals surface area contributed by atoms with Crippen LogP contribution in [0.4, 0.5) is 19.7 Å². The zero-order valence-corrected chi connectivity index (χ0v) is 15.3. The highest BCUT2D eigenvalue weighted by Gasteiger charge is 2.17. The van der Waals surface area contributed by atoms with Crippen LogP contribution in [-0.4, -0.2) is 36.6 Å². The number of carbonyl (C=O) groups excluding carboxylic acids is 1. The number of pyridine rings is 1. The minimum absolute atomic E-state index is 0.0258. The summed E-state index contributed by atoms with van der Waals surface area (Å²) in [6, 6.07) is 9.71. The zero-order valence-electron chi connectivity index (χ0n) is 14.5. The van der Waals surface area contributed by atoms with Crippen molar-refractivity contribution in [1.82, 2.24) is 9.97 Å². The van der Waals surface area contributed by atoms with Gasteiger partial charge < -0.3 is 9.64 Å². The van der Waals surface area contributed by atoms with E-state index in [1.165, 1.54) is 17.4 Å². The summed E-state index contributed by atoms with van der Waals surface area (Å²) in [4.78, 5) is 22.8. The molecule has 1 amide bonds. The van der Waals surface area contributed by atoms with E-state index in [-0.39, 0.29) is 11.7 Å². The van der Waals surface area contributed by atoms with E-state index in [0.29, 0.717) is 27.8 Å². The second-order valence-electron chi connectivity index (χ2n) is 5.64. The molecule has 27 heavy (non-hydrogen) atoms. The Morgan fingerprint density at radius 2 is 2.00 bits per heavy atom. The number of hydrogen-bond acceptors (Lipinski definition) is 6. The molecule has 3 rings (SSSR count). The van der Waals surface area contributed by atoms with Crippen LogP contribution in [0.15, 0.2) is 48.0 Å². The van der Waals surface area contributed by atoms with Gasteiger partial charge in [0.1, 0.15) is 11.6 Å². The van der Waals surface area contributed by atoms with Crippen molar-refractivity contribution in [2.45, 2.75) is 6.61 Å². The van der Waals surface area contributed by atoms with Crippen molar-refractivity contribution < 1.29 is 18.3 Å². The van der Waals surface area contributed by atoms with Crippen LogP contribution in [0.3, 0.4) is 0 Å². The summed E-state index contributed by atoms with van der Waals surface area (Å²) >= 11 is 1.19. The standard InChI is InChI=1S/C18H16F2N4O2S/c1-24(2)15-12(7-5-9-21-15)16(25)23-18-22-13(10-27-18)11-6-3-4-8-14(11)26-17(19)20/h3-10,17H,1-2H3,(H,22,23,25). The highest BCUT2D eigenvalue weighted by molar-refractivity contribution is 7.14. The lowest BCUT2D eigenvalue weighted by Gasteiger charge is -2.14. The summed E-state index contributed by atoms with van der Waals surface area (Å²) in [6.45, 7) is -2.93. The minimum Gasteiger partial charge on any atom is -0.434 e. The van der Waals surface area contributed by atoms with Crippen LogP contribution in [0.5, 0.6) is 5.75 Å². The van der Waals surface area contributed by atoms with Crippen LogP contribution < -0.4 is 15.0 Å². The van der Waals surface area contributed by atoms with Crippen molar-refractivity contribution in [3.63, 3.8) is 0 Å². The lowest BCUT2D eigenvalue weighted by atomic mass is 10.1. The Bertz CT molecular complexity index is 946. The second-order valence-corrected chi connectivity index (χ2v) is 6.49. The summed E-state index contributed by atoms with van der Waals surface area (Å²) in [6.07, 6.45) is 1.60. The number of carbonyl (C=O) groups is 1. The van der Waals surface area contributed by atoms with Crippen LogP contribution in [0.25, 0.3) is 11.3 Å². The normalized spacial score (nSPS) is 10.7. The lowest BCUT2D eigenvalue weighted by molar-refractivity contribution is -0.0494. The number of nitrogens with one attached hydrogen (secondary N) is 1. The number of amides is 1. The largest absolute Gasteiger partial charge is 0.434 e. The first-order valence-electron chi connectivity index (χ1n) is 7.89. The van der Waals surface area contributed by atoms with Crippen molar-refractivity contribution in [3.8, 4) is 17.0 Å². The predicted molar refractivity (Wildman–Crippen MR) is 101 cm³/mol. The number of para-hydroxylation sites is 1. The topological polar surface area (TPSA) is 67.4 Å². The molecular weight excluding hydrogens is 374 g/mol. The number of alkyl halides is 2. The van der Waals surface area contributed by atoms with Gasteiger partial charge in [0.15, 0.2) is 5.13 Å². The SMILES string of the molecule is CN(C)c1ncccc1C(=O)Nc1nc(-c2ccccc2OC(F)F)cs1. The molecule has 0 saturated carbocycles. The van der Waals surface area contributed by atoms with E-state index in [1.54, 1.807) is 60.9 Å². The average molecular weight is 390 g/mol. The molecule has 1 aromatic carbocycles. The van der Waals surface area contributed by atoms with E-state index < -0.39 is 6.61 Å². The highest BCUT2D eigenvalue weighted by atomic mass is 32.1. The summed E-state index contributed by atoms with van der Waals surface area (Å²) in [5, 5.41) is 4.73. The van der Waals surface area contributed by atoms with Crippen LogP contribution >= 0.6 is 11.3 Å². The fourth-order valence-corrected chi connectivity index (χ4v) is 3.13. The third-order valence-corrected chi connectivity index (χ3v) is 4.32. The average Bonchev–Trinajstić information content (AvgIpc) is 3.10. The van der Waals surface area contributed by atoms with Gasteiger partial charge in [-0.1, -0.05) is 12.1 Å². The van der Waals surface area contributed by atoms with E-state index in [0.717, 1.165) is 0 Å². The first-order valence-corrected chi connectivity index (χ1v) is 8.77. The predicted octanol–water partition coefficient (Wildman–Crippen LogP) is 4.12. The summed E-state index contributed by atoms with van der Waals surface area (Å²) in [5.41, 5.74) is 1.26. The Hall–Kier alpha value is -3.07. The number of halogens is 2. The molecule has 0 fully saturated rings. The Balaban J connectivity index is 1.83. The zero-order chi connectivity index (χ0) is 19.4. The molecule has 0 aliphatic carbocycles. The monoisotopic (exact) mass is 390 g/mol. The van der Waals surface area contributed by atoms with Gasteiger partial charge in [-0.15, -0.1) is 11.3 Å². The van der Waals surface area contributed by atoms with Gasteiger partial charge in [-0.25, -0.2) is 9.97 Å². The van der Waals surface area contributed by atoms with E-state index >= 15 is 0 Å². The van der Waals surface area contributed by atoms with Gasteiger partial charge in [-0.05, 0) is 24.3 Å². The van der Waals surface area contributed by atoms with Gasteiger partial charge in [-0.3, -0.25) is 10.1 Å². The molecule has 0 spiro atoms. The van der Waals surface area contributed by atoms with Crippen LogP contribution in [-0.2, 0) is 0 Å². The lowest BCUT2D eigenvalue weighted by Crippen LogP contribution is -2.19. The molecule has 0 radical (unpaired) electrons. The maximum Gasteiger partial charge on any atom is 0.387 e. The van der Waals surface area contributed by atoms with Gasteiger partial charge in [0, 0.05) is 31.2 Å². The van der Waals surface area contributed by atoms with Gasteiger partial charge in [0.2, 0.25) is 0 Å². The summed E-state index contributed by atoms with van der Waals surface area (Å²) in [5.74, 6) is 0.199. The van der Waals surface area contributed by atoms with E-state index in [9.17, 15) is 13.6 Å². The van der Waals surface area contributed by atoms with Crippen LogP contribution in [0, 0.1) is 0 Å². The Labute approximate surface area is 158 Å². The van der Waals surface area contributed by atoms with Gasteiger partial charge >= 0.3 is 6.61 Å². The molecule has 0 atom stereocenters. The first-order chi connectivity index (χ1) is 13.0. The number of nitrogens with zero attached hydrogens (tertiary/aromatic N) is 3. The van der Waals surface area contributed by atoms with E-state index in [2.05, 4.69) is 20.0 Å². The highest BCUT2D eigenvalue weighted by Crippen LogP contribution is 2.33. The number of anilines is 2. The third kappa shape index (κ3) is 4.37. The molecule has 0 saturated heterocycles. The first kappa shape index (κ1) is 18.7. The summed E-state index contributed by atoms with van der Waals surface area (Å²) in [7, 11) is 3.58. The molecule has 9 heteroatoms. The number of hydrogen-bond donors (Lipinski definition) is 1. The molecule has 2 heterocycles. The smallest absolute Gasteiger partial charge is 0.387 e. The number of ether oxygens (including phenoxy) is 1. The molecule has 6 nitrogen and oxygen atoms in total. The second kappa shape index (κ2) is 8.09. The molecule has 1 N–H and O–H groups in total. The number of aromatic nitrogens is 2. The molecule has 0 aliphatic heterocycles. The summed E-state index contributed by atoms with van der Waals surface area (Å²) < 4.78 is 29.7. The quantitative estimate of drug-likeness (QED) is 0.686. The Kier molecular flexibility index (Phi) is 5.60. The van der Waals surface area contributed by atoms with Crippen molar-refractivity contribution in [1.29, 1.82) is 0 Å². The van der Waals surface area contributed by atoms with Crippen molar-refractivity contribution in [2.24, 2.45) is 0 Å². The minimum atomic E-state index is -2.93. The van der Waals surface area contributed by atoms with Crippen molar-refractivity contribution in [2.75, 3.05) is 24.3 Å². The maximum absolute atomic E-state index is 12.6. The Morgan fingerprint density at radius 1 is 1.22 bits per heavy atom. The number of benzene rings is 1. The molecule has 2 aromatic heterocycles. The van der Waals surface area contributed by atoms with E-state index in [1.807, 2.05) is 0 Å². The fourth-order valence-electron chi connectivity index (χ4n) is 2.43. The van der Waals surface area contributed by atoms with Gasteiger partial charge in [0.05, 0.1) is 11.3 Å². The fraction of sp³-hybridized carbons (Fsp3) is 0.167. The van der Waals surface area contributed by atoms with E-state index in [4.69, 9.17) is 0 Å². The van der Waals surface area contributed by atoms with Crippen molar-refractivity contribution >= 4 is 28.2 Å². The Morgan fingerprint density at radius 3 is 2.74 bits per heavy atom. The number of rotatable bonds is 6. The van der Waals surface area contributed by atoms with Crippen molar-refractivity contribution in [3.05, 3.63) is 53.5 Å². The molecule has 140 valence electrons. The molecule has 3 aromatic rings. The van der Waals surface area contributed by atoms with Gasteiger partial charge in [-0.2, -0.15) is 8.78 Å². The third-order valence-electron chi connectivity index (χ3n) is 3.56. The molecular formula is C18H16F2N4O2S. The van der Waals surface area contributed by atoms with Gasteiger partial charge in [0.25, 0.3) is 5.91 Å². The maximum atomic E-state index is 12.6.